The number of hydrogen-bond donors (Lipinski definition) is 0. The van der Waals surface area contributed by atoms with Gasteiger partial charge in [-0.15, -0.1) is 11.6 Å². The Morgan fingerprint density at radius 1 is 1.54 bits per heavy atom. The summed E-state index contributed by atoms with van der Waals surface area (Å²) in [4.78, 5) is 11.1. The van der Waals surface area contributed by atoms with E-state index >= 15 is 0 Å². The zero-order valence-electron chi connectivity index (χ0n) is 6.90. The molecule has 0 aliphatic heterocycles. The largest absolute Gasteiger partial charge is 0.293 e. The van der Waals surface area contributed by atoms with Crippen LogP contribution < -0.4 is 0 Å². The fraction of sp³-hybridized carbons (Fsp3) is 0.222. The summed E-state index contributed by atoms with van der Waals surface area (Å²) in [6.07, 6.45) is 0. The quantitative estimate of drug-likeness (QED) is 0.553. The topological polar surface area (TPSA) is 17.1 Å². The fourth-order valence-corrected chi connectivity index (χ4v) is 1.24. The third-order valence-corrected chi connectivity index (χ3v) is 2.40. The molecule has 4 heteroatoms. The van der Waals surface area contributed by atoms with E-state index in [2.05, 4.69) is 0 Å². The molecule has 0 aliphatic carbocycles. The van der Waals surface area contributed by atoms with Gasteiger partial charge in [-0.3, -0.25) is 4.79 Å². The van der Waals surface area contributed by atoms with Crippen molar-refractivity contribution in [3.63, 3.8) is 0 Å². The minimum Gasteiger partial charge on any atom is -0.293 e. The van der Waals surface area contributed by atoms with Gasteiger partial charge in [0.2, 0.25) is 0 Å². The van der Waals surface area contributed by atoms with Gasteiger partial charge in [0, 0.05) is 0 Å². The first-order valence-electron chi connectivity index (χ1n) is 3.61. The van der Waals surface area contributed by atoms with E-state index < -0.39 is 11.6 Å². The van der Waals surface area contributed by atoms with Gasteiger partial charge in [0.1, 0.15) is 0 Å². The molecular formula is C9H7Cl2FO. The highest BCUT2D eigenvalue weighted by Gasteiger charge is 2.14. The van der Waals surface area contributed by atoms with Gasteiger partial charge in [0.15, 0.2) is 11.6 Å². The van der Waals surface area contributed by atoms with Crippen LogP contribution in [-0.2, 0) is 0 Å². The van der Waals surface area contributed by atoms with Crippen molar-refractivity contribution in [1.29, 1.82) is 0 Å². The number of aryl methyl sites for hydroxylation is 1. The van der Waals surface area contributed by atoms with Crippen LogP contribution in [-0.4, -0.2) is 11.7 Å². The van der Waals surface area contributed by atoms with Crippen molar-refractivity contribution < 1.29 is 9.18 Å². The molecule has 0 fully saturated rings. The van der Waals surface area contributed by atoms with Crippen LogP contribution in [0.1, 0.15) is 15.9 Å². The summed E-state index contributed by atoms with van der Waals surface area (Å²) in [5.74, 6) is -1.38. The van der Waals surface area contributed by atoms with Crippen molar-refractivity contribution in [1.82, 2.24) is 0 Å². The summed E-state index contributed by atoms with van der Waals surface area (Å²) < 4.78 is 13.3. The highest BCUT2D eigenvalue weighted by molar-refractivity contribution is 6.33. The maximum absolute atomic E-state index is 13.3. The predicted octanol–water partition coefficient (Wildman–Crippen LogP) is 3.21. The Hall–Kier alpha value is -0.600. The van der Waals surface area contributed by atoms with Crippen LogP contribution in [0.15, 0.2) is 12.1 Å². The summed E-state index contributed by atoms with van der Waals surface area (Å²) in [5, 5.41) is -0.0176. The Balaban J connectivity index is 3.26. The van der Waals surface area contributed by atoms with E-state index in [0.29, 0.717) is 5.56 Å². The first-order valence-corrected chi connectivity index (χ1v) is 4.53. The first-order chi connectivity index (χ1) is 6.07. The van der Waals surface area contributed by atoms with Gasteiger partial charge < -0.3 is 0 Å². The smallest absolute Gasteiger partial charge is 0.180 e. The van der Waals surface area contributed by atoms with E-state index in [1.165, 1.54) is 6.07 Å². The summed E-state index contributed by atoms with van der Waals surface area (Å²) in [7, 11) is 0. The van der Waals surface area contributed by atoms with E-state index in [9.17, 15) is 9.18 Å². The van der Waals surface area contributed by atoms with Crippen LogP contribution in [0.3, 0.4) is 0 Å². The Morgan fingerprint density at radius 2 is 2.15 bits per heavy atom. The van der Waals surface area contributed by atoms with Crippen molar-refractivity contribution in [3.8, 4) is 0 Å². The number of carbonyl (C=O) groups excluding carboxylic acids is 1. The van der Waals surface area contributed by atoms with Crippen molar-refractivity contribution in [2.75, 3.05) is 5.88 Å². The molecule has 0 aromatic heterocycles. The van der Waals surface area contributed by atoms with Crippen molar-refractivity contribution in [2.45, 2.75) is 6.92 Å². The monoisotopic (exact) mass is 220 g/mol. The van der Waals surface area contributed by atoms with Crippen LogP contribution in [0.5, 0.6) is 0 Å². The van der Waals surface area contributed by atoms with E-state index in [-0.39, 0.29) is 16.5 Å². The number of Topliss-reactive ketones (excluding diaryl/α,β-unsaturated/α-hetero) is 1. The van der Waals surface area contributed by atoms with Crippen molar-refractivity contribution >= 4 is 29.0 Å². The number of halogens is 3. The van der Waals surface area contributed by atoms with Gasteiger partial charge in [-0.25, -0.2) is 4.39 Å². The maximum Gasteiger partial charge on any atom is 0.180 e. The molecule has 0 amide bonds. The maximum atomic E-state index is 13.3. The van der Waals surface area contributed by atoms with E-state index in [1.807, 2.05) is 0 Å². The lowest BCUT2D eigenvalue weighted by molar-refractivity contribution is 0.101. The van der Waals surface area contributed by atoms with E-state index in [1.54, 1.807) is 13.0 Å². The fourth-order valence-electron chi connectivity index (χ4n) is 0.933. The Kier molecular flexibility index (Phi) is 3.28. The lowest BCUT2D eigenvalue weighted by Crippen LogP contribution is -2.04. The van der Waals surface area contributed by atoms with Gasteiger partial charge >= 0.3 is 0 Å². The second-order valence-corrected chi connectivity index (χ2v) is 3.26. The number of ketones is 1. The normalized spacial score (nSPS) is 10.2. The molecular weight excluding hydrogens is 214 g/mol. The average molecular weight is 221 g/mol. The number of benzene rings is 1. The van der Waals surface area contributed by atoms with Crippen LogP contribution in [0.25, 0.3) is 0 Å². The lowest BCUT2D eigenvalue weighted by atomic mass is 10.1. The highest BCUT2D eigenvalue weighted by Crippen LogP contribution is 2.22. The minimum absolute atomic E-state index is 0.0176. The molecule has 1 aromatic rings. The third kappa shape index (κ3) is 2.01. The standard InChI is InChI=1S/C9H7Cl2FO/c1-5-2-3-6(7(13)4-10)9(12)8(5)11/h2-3H,4H2,1H3. The Bertz CT molecular complexity index is 350. The van der Waals surface area contributed by atoms with Gasteiger partial charge in [-0.05, 0) is 18.6 Å². The molecule has 70 valence electrons. The molecule has 1 rings (SSSR count). The molecule has 0 saturated heterocycles. The lowest BCUT2D eigenvalue weighted by Gasteiger charge is -2.03. The van der Waals surface area contributed by atoms with E-state index in [4.69, 9.17) is 23.2 Å². The van der Waals surface area contributed by atoms with Gasteiger partial charge in [-0.1, -0.05) is 17.7 Å². The molecule has 0 bridgehead atoms. The predicted molar refractivity (Wildman–Crippen MR) is 51.2 cm³/mol. The van der Waals surface area contributed by atoms with Gasteiger partial charge in [-0.2, -0.15) is 0 Å². The summed E-state index contributed by atoms with van der Waals surface area (Å²) in [5.41, 5.74) is 0.552. The molecule has 0 N–H and O–H groups in total. The van der Waals surface area contributed by atoms with Crippen LogP contribution >= 0.6 is 23.2 Å². The summed E-state index contributed by atoms with van der Waals surface area (Å²) in [6, 6.07) is 2.98. The molecule has 0 atom stereocenters. The molecule has 0 aliphatic rings. The summed E-state index contributed by atoms with van der Waals surface area (Å²) >= 11 is 10.9. The molecule has 0 heterocycles. The van der Waals surface area contributed by atoms with Crippen molar-refractivity contribution in [3.05, 3.63) is 34.1 Å². The summed E-state index contributed by atoms with van der Waals surface area (Å²) in [6.45, 7) is 1.67. The van der Waals surface area contributed by atoms with Crippen molar-refractivity contribution in [2.24, 2.45) is 0 Å². The SMILES string of the molecule is Cc1ccc(C(=O)CCl)c(F)c1Cl. The molecule has 1 nitrogen and oxygen atoms in total. The second-order valence-electron chi connectivity index (χ2n) is 2.61. The zero-order valence-corrected chi connectivity index (χ0v) is 8.42. The minimum atomic E-state index is -0.688. The molecule has 1 aromatic carbocycles. The zero-order chi connectivity index (χ0) is 10.0. The Labute approximate surface area is 85.5 Å². The number of rotatable bonds is 2. The molecule has 0 radical (unpaired) electrons. The van der Waals surface area contributed by atoms with Gasteiger partial charge in [0.25, 0.3) is 0 Å². The molecule has 0 unspecified atom stereocenters. The number of hydrogen-bond acceptors (Lipinski definition) is 1. The highest BCUT2D eigenvalue weighted by atomic mass is 35.5. The Morgan fingerprint density at radius 3 is 2.69 bits per heavy atom. The third-order valence-electron chi connectivity index (χ3n) is 1.70. The number of alkyl halides is 1. The first kappa shape index (κ1) is 10.5. The molecule has 0 saturated carbocycles. The van der Waals surface area contributed by atoms with Gasteiger partial charge in [0.05, 0.1) is 16.5 Å². The average Bonchev–Trinajstić information content (AvgIpc) is 2.13. The number of carbonyl (C=O) groups is 1. The second kappa shape index (κ2) is 4.07. The van der Waals surface area contributed by atoms with Crippen LogP contribution in [0, 0.1) is 12.7 Å². The van der Waals surface area contributed by atoms with E-state index in [0.717, 1.165) is 0 Å². The molecule has 0 spiro atoms. The van der Waals surface area contributed by atoms with Crippen LogP contribution in [0.4, 0.5) is 4.39 Å². The molecule has 13 heavy (non-hydrogen) atoms. The van der Waals surface area contributed by atoms with Crippen LogP contribution in [0.2, 0.25) is 5.02 Å².